The van der Waals surface area contributed by atoms with Crippen molar-refractivity contribution in [3.8, 4) is 11.5 Å². The van der Waals surface area contributed by atoms with Crippen LogP contribution in [0.15, 0.2) is 18.2 Å². The summed E-state index contributed by atoms with van der Waals surface area (Å²) in [4.78, 5) is 11.7. The van der Waals surface area contributed by atoms with Crippen molar-refractivity contribution in [3.05, 3.63) is 23.8 Å². The third kappa shape index (κ3) is 6.04. The van der Waals surface area contributed by atoms with Gasteiger partial charge in [0.05, 0.1) is 13.2 Å². The van der Waals surface area contributed by atoms with E-state index in [1.54, 1.807) is 18.2 Å². The van der Waals surface area contributed by atoms with E-state index < -0.39 is 0 Å². The number of amides is 1. The molecule has 0 aliphatic rings. The first kappa shape index (κ1) is 17.3. The number of carbonyl (C=O) groups is 1. The third-order valence-corrected chi connectivity index (χ3v) is 2.92. The van der Waals surface area contributed by atoms with Crippen LogP contribution in [0.4, 0.5) is 0 Å². The zero-order chi connectivity index (χ0) is 15.7. The van der Waals surface area contributed by atoms with Gasteiger partial charge in [-0.05, 0) is 25.3 Å². The highest BCUT2D eigenvalue weighted by atomic mass is 16.5. The Balaban J connectivity index is 2.59. The molecule has 0 aliphatic carbocycles. The number of hydrogen-bond acceptors (Lipinski definition) is 4. The Bertz CT molecular complexity index is 446. The maximum atomic E-state index is 11.7. The SMILES string of the molecule is CCOc1cccc(CO)c1OCC(=O)NCCC(C)C. The maximum absolute atomic E-state index is 11.7. The second kappa shape index (κ2) is 9.23. The van der Waals surface area contributed by atoms with E-state index in [1.165, 1.54) is 0 Å². The van der Waals surface area contributed by atoms with Gasteiger partial charge in [-0.2, -0.15) is 0 Å². The van der Waals surface area contributed by atoms with Gasteiger partial charge in [-0.15, -0.1) is 0 Å². The summed E-state index contributed by atoms with van der Waals surface area (Å²) in [5.41, 5.74) is 0.607. The van der Waals surface area contributed by atoms with Crippen LogP contribution in [0.5, 0.6) is 11.5 Å². The lowest BCUT2D eigenvalue weighted by Crippen LogP contribution is -2.30. The second-order valence-corrected chi connectivity index (χ2v) is 5.16. The first-order valence-electron chi connectivity index (χ1n) is 7.33. The minimum atomic E-state index is -0.175. The van der Waals surface area contributed by atoms with E-state index in [2.05, 4.69) is 19.2 Å². The summed E-state index contributed by atoms with van der Waals surface area (Å²) in [5.74, 6) is 1.34. The van der Waals surface area contributed by atoms with E-state index in [1.807, 2.05) is 6.92 Å². The zero-order valence-electron chi connectivity index (χ0n) is 13.0. The lowest BCUT2D eigenvalue weighted by molar-refractivity contribution is -0.123. The fourth-order valence-electron chi connectivity index (χ4n) is 1.81. The van der Waals surface area contributed by atoms with Crippen molar-refractivity contribution >= 4 is 5.91 Å². The lowest BCUT2D eigenvalue weighted by atomic mass is 10.1. The van der Waals surface area contributed by atoms with Gasteiger partial charge in [-0.1, -0.05) is 26.0 Å². The average molecular weight is 295 g/mol. The summed E-state index contributed by atoms with van der Waals surface area (Å²) in [7, 11) is 0. The molecule has 0 aromatic heterocycles. The zero-order valence-corrected chi connectivity index (χ0v) is 13.0. The van der Waals surface area contributed by atoms with Crippen molar-refractivity contribution in [3.63, 3.8) is 0 Å². The molecule has 2 N–H and O–H groups in total. The molecule has 5 heteroatoms. The normalized spacial score (nSPS) is 10.5. The van der Waals surface area contributed by atoms with E-state index in [4.69, 9.17) is 9.47 Å². The molecule has 21 heavy (non-hydrogen) atoms. The number of para-hydroxylation sites is 1. The van der Waals surface area contributed by atoms with Crippen molar-refractivity contribution in [2.45, 2.75) is 33.8 Å². The smallest absolute Gasteiger partial charge is 0.257 e. The van der Waals surface area contributed by atoms with Crippen LogP contribution in [0.2, 0.25) is 0 Å². The van der Waals surface area contributed by atoms with Gasteiger partial charge in [0, 0.05) is 12.1 Å². The van der Waals surface area contributed by atoms with Crippen LogP contribution >= 0.6 is 0 Å². The number of nitrogens with one attached hydrogen (secondary N) is 1. The highest BCUT2D eigenvalue weighted by molar-refractivity contribution is 5.77. The summed E-state index contributed by atoms with van der Waals surface area (Å²) >= 11 is 0. The van der Waals surface area contributed by atoms with E-state index in [-0.39, 0.29) is 19.1 Å². The molecule has 0 spiro atoms. The lowest BCUT2D eigenvalue weighted by Gasteiger charge is -2.15. The molecular weight excluding hydrogens is 270 g/mol. The van der Waals surface area contributed by atoms with Crippen LogP contribution in [0.25, 0.3) is 0 Å². The number of benzene rings is 1. The van der Waals surface area contributed by atoms with Crippen LogP contribution in [-0.2, 0) is 11.4 Å². The first-order chi connectivity index (χ1) is 10.1. The van der Waals surface area contributed by atoms with Gasteiger partial charge >= 0.3 is 0 Å². The summed E-state index contributed by atoms with van der Waals surface area (Å²) in [5, 5.41) is 12.1. The fourth-order valence-corrected chi connectivity index (χ4v) is 1.81. The van der Waals surface area contributed by atoms with E-state index in [9.17, 15) is 9.90 Å². The molecule has 5 nitrogen and oxygen atoms in total. The Kier molecular flexibility index (Phi) is 7.61. The predicted molar refractivity (Wildman–Crippen MR) is 81.5 cm³/mol. The molecule has 1 amide bonds. The van der Waals surface area contributed by atoms with Crippen molar-refractivity contribution in [2.24, 2.45) is 5.92 Å². The molecule has 118 valence electrons. The number of ether oxygens (including phenoxy) is 2. The Hall–Kier alpha value is -1.75. The van der Waals surface area contributed by atoms with Crippen molar-refractivity contribution < 1.29 is 19.4 Å². The van der Waals surface area contributed by atoms with E-state index in [0.717, 1.165) is 6.42 Å². The van der Waals surface area contributed by atoms with Crippen LogP contribution < -0.4 is 14.8 Å². The van der Waals surface area contributed by atoms with E-state index >= 15 is 0 Å². The molecular formula is C16H25NO4. The highest BCUT2D eigenvalue weighted by Crippen LogP contribution is 2.31. The predicted octanol–water partition coefficient (Wildman–Crippen LogP) is 2.12. The van der Waals surface area contributed by atoms with E-state index in [0.29, 0.717) is 36.1 Å². The van der Waals surface area contributed by atoms with Gasteiger partial charge in [-0.25, -0.2) is 0 Å². The molecule has 0 unspecified atom stereocenters. The molecule has 1 aromatic carbocycles. The second-order valence-electron chi connectivity index (χ2n) is 5.16. The monoisotopic (exact) mass is 295 g/mol. The summed E-state index contributed by atoms with van der Waals surface area (Å²) in [6.07, 6.45) is 0.934. The van der Waals surface area contributed by atoms with Crippen LogP contribution in [0, 0.1) is 5.92 Å². The molecule has 0 atom stereocenters. The molecule has 0 fully saturated rings. The minimum absolute atomic E-state index is 0.0881. The largest absolute Gasteiger partial charge is 0.490 e. The Morgan fingerprint density at radius 1 is 1.33 bits per heavy atom. The number of carbonyl (C=O) groups excluding carboxylic acids is 1. The average Bonchev–Trinajstić information content (AvgIpc) is 2.45. The van der Waals surface area contributed by atoms with Crippen molar-refractivity contribution in [1.82, 2.24) is 5.32 Å². The maximum Gasteiger partial charge on any atom is 0.257 e. The fraction of sp³-hybridized carbons (Fsp3) is 0.562. The molecule has 1 aromatic rings. The number of aliphatic hydroxyl groups is 1. The Morgan fingerprint density at radius 2 is 2.10 bits per heavy atom. The van der Waals surface area contributed by atoms with Crippen LogP contribution in [0.3, 0.4) is 0 Å². The van der Waals surface area contributed by atoms with Gasteiger partial charge in [-0.3, -0.25) is 4.79 Å². The van der Waals surface area contributed by atoms with Gasteiger partial charge in [0.15, 0.2) is 18.1 Å². The third-order valence-electron chi connectivity index (χ3n) is 2.92. The Labute approximate surface area is 126 Å². The van der Waals surface area contributed by atoms with Crippen LogP contribution in [0.1, 0.15) is 32.8 Å². The summed E-state index contributed by atoms with van der Waals surface area (Å²) in [6.45, 7) is 6.96. The van der Waals surface area contributed by atoms with Gasteiger partial charge < -0.3 is 19.9 Å². The van der Waals surface area contributed by atoms with Gasteiger partial charge in [0.1, 0.15) is 0 Å². The molecule has 0 bridgehead atoms. The molecule has 0 heterocycles. The number of aliphatic hydroxyl groups excluding tert-OH is 1. The van der Waals surface area contributed by atoms with Crippen molar-refractivity contribution in [1.29, 1.82) is 0 Å². The number of hydrogen-bond donors (Lipinski definition) is 2. The summed E-state index contributed by atoms with van der Waals surface area (Å²) in [6, 6.07) is 5.29. The molecule has 0 saturated carbocycles. The van der Waals surface area contributed by atoms with Crippen LogP contribution in [-0.4, -0.2) is 30.8 Å². The molecule has 0 radical (unpaired) electrons. The minimum Gasteiger partial charge on any atom is -0.490 e. The summed E-state index contributed by atoms with van der Waals surface area (Å²) < 4.78 is 11.0. The first-order valence-corrected chi connectivity index (χ1v) is 7.33. The van der Waals surface area contributed by atoms with Gasteiger partial charge in [0.25, 0.3) is 5.91 Å². The standard InChI is InChI=1S/C16H25NO4/c1-4-20-14-7-5-6-13(10-18)16(14)21-11-15(19)17-9-8-12(2)3/h5-7,12,18H,4,8-11H2,1-3H3,(H,17,19). The topological polar surface area (TPSA) is 67.8 Å². The highest BCUT2D eigenvalue weighted by Gasteiger charge is 2.12. The van der Waals surface area contributed by atoms with Crippen molar-refractivity contribution in [2.75, 3.05) is 19.8 Å². The molecule has 0 aliphatic heterocycles. The molecule has 1 rings (SSSR count). The van der Waals surface area contributed by atoms with Gasteiger partial charge in [0.2, 0.25) is 0 Å². The Morgan fingerprint density at radius 3 is 2.71 bits per heavy atom. The molecule has 0 saturated heterocycles. The number of rotatable bonds is 9. The quantitative estimate of drug-likeness (QED) is 0.732.